The number of rotatable bonds is 15. The molecule has 0 aromatic carbocycles. The summed E-state index contributed by atoms with van der Waals surface area (Å²) in [6, 6.07) is -4.32. The molecule has 1 aliphatic heterocycles. The zero-order valence-electron chi connectivity index (χ0n) is 21.4. The number of aliphatic carboxylic acids is 1. The summed E-state index contributed by atoms with van der Waals surface area (Å²) in [7, 11) is 0. The van der Waals surface area contributed by atoms with Gasteiger partial charge in [0.25, 0.3) is 0 Å². The molecular formula is C23H42N6O7. The van der Waals surface area contributed by atoms with Gasteiger partial charge in [0.2, 0.25) is 23.6 Å². The second kappa shape index (κ2) is 15.4. The number of carbonyl (C=O) groups is 5. The quantitative estimate of drug-likeness (QED) is 0.120. The Hall–Kier alpha value is -2.77. The van der Waals surface area contributed by atoms with E-state index in [2.05, 4.69) is 16.0 Å². The lowest BCUT2D eigenvalue weighted by Gasteiger charge is -2.30. The van der Waals surface area contributed by atoms with E-state index in [1.54, 1.807) is 0 Å². The molecule has 13 nitrogen and oxygen atoms in total. The zero-order chi connectivity index (χ0) is 27.4. The maximum Gasteiger partial charge on any atom is 0.326 e. The van der Waals surface area contributed by atoms with Crippen LogP contribution in [0.2, 0.25) is 0 Å². The molecule has 1 heterocycles. The molecule has 0 aliphatic carbocycles. The van der Waals surface area contributed by atoms with Crippen LogP contribution in [0.4, 0.5) is 0 Å². The van der Waals surface area contributed by atoms with Gasteiger partial charge in [-0.25, -0.2) is 4.79 Å². The summed E-state index contributed by atoms with van der Waals surface area (Å²) in [5, 5.41) is 27.0. The number of carboxylic acid groups (broad SMARTS) is 1. The highest BCUT2D eigenvalue weighted by Crippen LogP contribution is 2.20. The number of likely N-dealkylation sites (tertiary alicyclic amines) is 1. The molecule has 1 fully saturated rings. The van der Waals surface area contributed by atoms with Gasteiger partial charge in [0, 0.05) is 6.54 Å². The molecule has 206 valence electrons. The van der Waals surface area contributed by atoms with Crippen LogP contribution >= 0.6 is 0 Å². The van der Waals surface area contributed by atoms with E-state index in [1.165, 1.54) is 11.8 Å². The van der Waals surface area contributed by atoms with Crippen molar-refractivity contribution in [3.05, 3.63) is 0 Å². The Morgan fingerprint density at radius 3 is 2.14 bits per heavy atom. The third-order valence-corrected chi connectivity index (χ3v) is 5.99. The number of unbranched alkanes of at least 4 members (excludes halogenated alkanes) is 1. The summed E-state index contributed by atoms with van der Waals surface area (Å²) in [6.07, 6.45) is 1.27. The summed E-state index contributed by atoms with van der Waals surface area (Å²) in [6.45, 7) is 5.31. The Balaban J connectivity index is 3.07. The molecule has 4 amide bonds. The summed E-state index contributed by atoms with van der Waals surface area (Å²) in [4.78, 5) is 63.9. The highest BCUT2D eigenvalue weighted by Gasteiger charge is 2.38. The number of hydrogen-bond acceptors (Lipinski definition) is 8. The number of aliphatic hydroxyl groups excluding tert-OH is 1. The number of nitrogens with two attached hydrogens (primary N) is 2. The molecule has 1 aliphatic rings. The van der Waals surface area contributed by atoms with E-state index in [9.17, 15) is 34.2 Å². The fraction of sp³-hybridized carbons (Fsp3) is 0.783. The van der Waals surface area contributed by atoms with Crippen LogP contribution in [-0.2, 0) is 24.0 Å². The molecule has 0 saturated carbocycles. The minimum Gasteiger partial charge on any atom is -0.480 e. The number of nitrogens with one attached hydrogen (secondary N) is 3. The fourth-order valence-electron chi connectivity index (χ4n) is 4.11. The first kappa shape index (κ1) is 31.3. The number of nitrogens with zero attached hydrogens (tertiary/aromatic N) is 1. The lowest BCUT2D eigenvalue weighted by Crippen LogP contribution is -2.59. The molecule has 0 aromatic rings. The number of amides is 4. The molecule has 0 radical (unpaired) electrons. The van der Waals surface area contributed by atoms with Crippen molar-refractivity contribution in [2.24, 2.45) is 17.4 Å². The first-order chi connectivity index (χ1) is 16.9. The van der Waals surface area contributed by atoms with Crippen molar-refractivity contribution in [2.45, 2.75) is 89.6 Å². The second-order valence-electron chi connectivity index (χ2n) is 9.55. The number of aliphatic hydroxyl groups is 1. The van der Waals surface area contributed by atoms with Gasteiger partial charge in [-0.3, -0.25) is 19.2 Å². The fourth-order valence-corrected chi connectivity index (χ4v) is 4.11. The van der Waals surface area contributed by atoms with Crippen LogP contribution in [0.5, 0.6) is 0 Å². The molecule has 0 bridgehead atoms. The smallest absolute Gasteiger partial charge is 0.326 e. The van der Waals surface area contributed by atoms with Crippen molar-refractivity contribution in [1.82, 2.24) is 20.9 Å². The SMILES string of the molecule is CC(C)C[C@H](NC(=O)[C@@H](NC(=O)CN)[C@@H](C)O)C(=O)N[C@@H](CCCCN)C(=O)N1CCC[C@H]1C(=O)O. The van der Waals surface area contributed by atoms with E-state index >= 15 is 0 Å². The Morgan fingerprint density at radius 2 is 1.61 bits per heavy atom. The third-order valence-electron chi connectivity index (χ3n) is 5.99. The lowest BCUT2D eigenvalue weighted by molar-refractivity contribution is -0.149. The summed E-state index contributed by atoms with van der Waals surface area (Å²) >= 11 is 0. The van der Waals surface area contributed by atoms with Crippen LogP contribution in [0.25, 0.3) is 0 Å². The van der Waals surface area contributed by atoms with Crippen molar-refractivity contribution in [1.29, 1.82) is 0 Å². The van der Waals surface area contributed by atoms with Crippen molar-refractivity contribution in [3.8, 4) is 0 Å². The van der Waals surface area contributed by atoms with Crippen LogP contribution < -0.4 is 27.4 Å². The van der Waals surface area contributed by atoms with Crippen LogP contribution in [-0.4, -0.2) is 94.6 Å². The van der Waals surface area contributed by atoms with Gasteiger partial charge in [0.1, 0.15) is 24.2 Å². The molecule has 9 N–H and O–H groups in total. The van der Waals surface area contributed by atoms with Gasteiger partial charge in [0.05, 0.1) is 12.6 Å². The van der Waals surface area contributed by atoms with Gasteiger partial charge in [-0.05, 0) is 57.9 Å². The number of carbonyl (C=O) groups excluding carboxylic acids is 4. The van der Waals surface area contributed by atoms with Crippen LogP contribution in [0.1, 0.15) is 59.3 Å². The molecule has 0 aromatic heterocycles. The molecule has 5 atom stereocenters. The van der Waals surface area contributed by atoms with Crippen LogP contribution in [0, 0.1) is 5.92 Å². The maximum absolute atomic E-state index is 13.3. The molecule has 0 spiro atoms. The largest absolute Gasteiger partial charge is 0.480 e. The van der Waals surface area contributed by atoms with Gasteiger partial charge >= 0.3 is 5.97 Å². The Morgan fingerprint density at radius 1 is 0.972 bits per heavy atom. The second-order valence-corrected chi connectivity index (χ2v) is 9.55. The van der Waals surface area contributed by atoms with Crippen molar-refractivity contribution >= 4 is 29.6 Å². The predicted octanol–water partition coefficient (Wildman–Crippen LogP) is -1.97. The predicted molar refractivity (Wildman–Crippen MR) is 131 cm³/mol. The summed E-state index contributed by atoms with van der Waals surface area (Å²) in [5.74, 6) is -3.65. The molecule has 1 rings (SSSR count). The Kier molecular flexibility index (Phi) is 13.3. The minimum absolute atomic E-state index is 0.0222. The molecule has 0 unspecified atom stereocenters. The Labute approximate surface area is 211 Å². The monoisotopic (exact) mass is 514 g/mol. The summed E-state index contributed by atoms with van der Waals surface area (Å²) < 4.78 is 0. The van der Waals surface area contributed by atoms with Gasteiger partial charge < -0.3 is 42.5 Å². The third kappa shape index (κ3) is 9.70. The van der Waals surface area contributed by atoms with Crippen LogP contribution in [0.3, 0.4) is 0 Å². The van der Waals surface area contributed by atoms with E-state index in [0.29, 0.717) is 32.2 Å². The lowest BCUT2D eigenvalue weighted by atomic mass is 10.0. The Bertz CT molecular complexity index is 776. The number of carboxylic acids is 1. The molecular weight excluding hydrogens is 472 g/mol. The van der Waals surface area contributed by atoms with Crippen LogP contribution in [0.15, 0.2) is 0 Å². The average Bonchev–Trinajstić information content (AvgIpc) is 3.30. The van der Waals surface area contributed by atoms with Crippen molar-refractivity contribution in [3.63, 3.8) is 0 Å². The zero-order valence-corrected chi connectivity index (χ0v) is 21.4. The van der Waals surface area contributed by atoms with E-state index in [4.69, 9.17) is 11.5 Å². The highest BCUT2D eigenvalue weighted by atomic mass is 16.4. The highest BCUT2D eigenvalue weighted by molar-refractivity contribution is 5.95. The molecule has 1 saturated heterocycles. The molecule has 36 heavy (non-hydrogen) atoms. The van der Waals surface area contributed by atoms with Gasteiger partial charge in [-0.2, -0.15) is 0 Å². The average molecular weight is 515 g/mol. The normalized spacial score (nSPS) is 18.8. The minimum atomic E-state index is -1.33. The maximum atomic E-state index is 13.3. The summed E-state index contributed by atoms with van der Waals surface area (Å²) in [5.41, 5.74) is 10.8. The van der Waals surface area contributed by atoms with Gasteiger partial charge in [-0.15, -0.1) is 0 Å². The van der Waals surface area contributed by atoms with E-state index < -0.39 is 59.9 Å². The molecule has 13 heteroatoms. The first-order valence-electron chi connectivity index (χ1n) is 12.4. The van der Waals surface area contributed by atoms with Gasteiger partial charge in [-0.1, -0.05) is 13.8 Å². The first-order valence-corrected chi connectivity index (χ1v) is 12.4. The van der Waals surface area contributed by atoms with Crippen molar-refractivity contribution < 1.29 is 34.2 Å². The van der Waals surface area contributed by atoms with Gasteiger partial charge in [0.15, 0.2) is 0 Å². The van der Waals surface area contributed by atoms with E-state index in [0.717, 1.165) is 0 Å². The van der Waals surface area contributed by atoms with E-state index in [-0.39, 0.29) is 31.8 Å². The van der Waals surface area contributed by atoms with E-state index in [1.807, 2.05) is 13.8 Å². The standard InChI is InChI=1S/C23H42N6O7/c1-13(2)11-16(27-21(33)19(14(3)30)28-18(31)12-25)20(32)26-15(7-4-5-9-24)22(34)29-10-6-8-17(29)23(35)36/h13-17,19,30H,4-12,24-25H2,1-3H3,(H,26,32)(H,27,33)(H,28,31)(H,35,36)/t14-,15+,16+,17+,19+/m1/s1. The topological polar surface area (TPSA) is 217 Å². The number of hydrogen-bond donors (Lipinski definition) is 7. The van der Waals surface area contributed by atoms with Crippen molar-refractivity contribution in [2.75, 3.05) is 19.6 Å².